The number of amides is 1. The third kappa shape index (κ3) is 5.49. The van der Waals surface area contributed by atoms with E-state index in [4.69, 9.17) is 14.2 Å². The van der Waals surface area contributed by atoms with Crippen molar-refractivity contribution in [1.29, 1.82) is 0 Å². The second-order valence-electron chi connectivity index (χ2n) is 5.07. The van der Waals surface area contributed by atoms with Gasteiger partial charge < -0.3 is 14.2 Å². The van der Waals surface area contributed by atoms with Gasteiger partial charge in [-0.05, 0) is 58.7 Å². The van der Waals surface area contributed by atoms with Crippen molar-refractivity contribution in [2.75, 3.05) is 14.2 Å². The maximum Gasteiger partial charge on any atom is 0.280 e. The van der Waals surface area contributed by atoms with E-state index in [9.17, 15) is 4.79 Å². The van der Waals surface area contributed by atoms with Crippen LogP contribution in [0.3, 0.4) is 0 Å². The average molecular weight is 407 g/mol. The molecule has 1 unspecified atom stereocenters. The molecule has 0 radical (unpaired) electrons. The van der Waals surface area contributed by atoms with Gasteiger partial charge in [-0.15, -0.1) is 0 Å². The second-order valence-corrected chi connectivity index (χ2v) is 5.92. The first-order chi connectivity index (χ1) is 12.0. The summed E-state index contributed by atoms with van der Waals surface area (Å²) < 4.78 is 16.7. The van der Waals surface area contributed by atoms with Crippen molar-refractivity contribution in [3.63, 3.8) is 0 Å². The number of hydrazone groups is 1. The summed E-state index contributed by atoms with van der Waals surface area (Å²) in [6.07, 6.45) is 0.840. The van der Waals surface area contributed by atoms with Crippen LogP contribution in [-0.4, -0.2) is 32.4 Å². The van der Waals surface area contributed by atoms with Gasteiger partial charge in [-0.1, -0.05) is 6.07 Å². The van der Waals surface area contributed by atoms with Crippen molar-refractivity contribution in [2.24, 2.45) is 5.10 Å². The summed E-state index contributed by atoms with van der Waals surface area (Å²) in [5.74, 6) is 1.58. The lowest BCUT2D eigenvalue weighted by Crippen LogP contribution is -2.33. The molecule has 7 heteroatoms. The topological polar surface area (TPSA) is 69.2 Å². The number of ether oxygens (including phenoxy) is 3. The van der Waals surface area contributed by atoms with Gasteiger partial charge in [-0.2, -0.15) is 5.10 Å². The van der Waals surface area contributed by atoms with E-state index in [0.29, 0.717) is 11.5 Å². The Morgan fingerprint density at radius 2 is 1.92 bits per heavy atom. The van der Waals surface area contributed by atoms with Gasteiger partial charge in [0.2, 0.25) is 0 Å². The molecule has 132 valence electrons. The van der Waals surface area contributed by atoms with E-state index in [-0.39, 0.29) is 5.91 Å². The first-order valence-corrected chi connectivity index (χ1v) is 8.30. The Labute approximate surface area is 154 Å². The van der Waals surface area contributed by atoms with Gasteiger partial charge in [-0.3, -0.25) is 4.79 Å². The zero-order chi connectivity index (χ0) is 18.2. The minimum atomic E-state index is -0.702. The van der Waals surface area contributed by atoms with Crippen LogP contribution in [0.2, 0.25) is 0 Å². The zero-order valence-electron chi connectivity index (χ0n) is 14.2. The normalized spacial score (nSPS) is 11.8. The maximum atomic E-state index is 12.0. The highest BCUT2D eigenvalue weighted by Gasteiger charge is 2.14. The van der Waals surface area contributed by atoms with Gasteiger partial charge in [-0.25, -0.2) is 5.43 Å². The Morgan fingerprint density at radius 1 is 1.16 bits per heavy atom. The fourth-order valence-electron chi connectivity index (χ4n) is 1.96. The van der Waals surface area contributed by atoms with Crippen LogP contribution in [0.4, 0.5) is 0 Å². The Kier molecular flexibility index (Phi) is 6.82. The molecule has 25 heavy (non-hydrogen) atoms. The third-order valence-electron chi connectivity index (χ3n) is 3.29. The Morgan fingerprint density at radius 3 is 2.60 bits per heavy atom. The number of benzene rings is 2. The molecule has 2 rings (SSSR count). The Bertz CT molecular complexity index is 764. The molecular weight excluding hydrogens is 388 g/mol. The van der Waals surface area contributed by atoms with Gasteiger partial charge in [0.15, 0.2) is 6.10 Å². The fraction of sp³-hybridized carbons (Fsp3) is 0.222. The predicted octanol–water partition coefficient (Wildman–Crippen LogP) is 3.38. The Hall–Kier alpha value is -2.54. The zero-order valence-corrected chi connectivity index (χ0v) is 15.7. The van der Waals surface area contributed by atoms with Gasteiger partial charge in [0, 0.05) is 6.07 Å². The molecule has 0 heterocycles. The molecule has 0 saturated heterocycles. The molecule has 0 saturated carbocycles. The van der Waals surface area contributed by atoms with E-state index < -0.39 is 6.10 Å². The van der Waals surface area contributed by atoms with E-state index in [0.717, 1.165) is 15.8 Å². The molecule has 0 bridgehead atoms. The quantitative estimate of drug-likeness (QED) is 0.565. The third-order valence-corrected chi connectivity index (χ3v) is 3.91. The summed E-state index contributed by atoms with van der Waals surface area (Å²) in [6.45, 7) is 1.65. The minimum absolute atomic E-state index is 0.355. The van der Waals surface area contributed by atoms with Crippen LogP contribution in [0.25, 0.3) is 0 Å². The molecule has 2 aromatic carbocycles. The number of methoxy groups -OCH3 is 2. The molecule has 1 amide bonds. The summed E-state index contributed by atoms with van der Waals surface area (Å²) in [4.78, 5) is 12.0. The number of nitrogens with zero attached hydrogens (tertiary/aromatic N) is 1. The molecule has 2 aromatic rings. The van der Waals surface area contributed by atoms with E-state index in [1.807, 2.05) is 18.2 Å². The number of nitrogens with one attached hydrogen (secondary N) is 1. The standard InChI is InChI=1S/C18H19BrN2O4/c1-12(25-15-6-4-5-14(10-15)23-2)18(22)21-20-11-13-7-8-17(24-3)16(19)9-13/h4-12H,1-3H3,(H,21,22)/b20-11+. The number of halogens is 1. The molecule has 6 nitrogen and oxygen atoms in total. The van der Waals surface area contributed by atoms with Crippen LogP contribution >= 0.6 is 15.9 Å². The highest BCUT2D eigenvalue weighted by Crippen LogP contribution is 2.24. The molecule has 0 aliphatic heterocycles. The van der Waals surface area contributed by atoms with Crippen LogP contribution in [0.15, 0.2) is 52.0 Å². The van der Waals surface area contributed by atoms with E-state index in [2.05, 4.69) is 26.5 Å². The van der Waals surface area contributed by atoms with E-state index >= 15 is 0 Å². The molecule has 0 fully saturated rings. The van der Waals surface area contributed by atoms with E-state index in [1.54, 1.807) is 51.6 Å². The van der Waals surface area contributed by atoms with Crippen LogP contribution < -0.4 is 19.6 Å². The number of rotatable bonds is 7. The lowest BCUT2D eigenvalue weighted by molar-refractivity contribution is -0.127. The number of carbonyl (C=O) groups is 1. The molecule has 0 aliphatic rings. The second kappa shape index (κ2) is 9.08. The van der Waals surface area contributed by atoms with Crippen molar-refractivity contribution in [2.45, 2.75) is 13.0 Å². The first kappa shape index (κ1) is 18.8. The lowest BCUT2D eigenvalue weighted by atomic mass is 10.2. The smallest absolute Gasteiger partial charge is 0.280 e. The number of hydrogen-bond acceptors (Lipinski definition) is 5. The monoisotopic (exact) mass is 406 g/mol. The van der Waals surface area contributed by atoms with Gasteiger partial charge >= 0.3 is 0 Å². The summed E-state index contributed by atoms with van der Waals surface area (Å²) in [5, 5.41) is 3.94. The molecule has 0 spiro atoms. The Balaban J connectivity index is 1.91. The average Bonchev–Trinajstić information content (AvgIpc) is 2.62. The number of carbonyl (C=O) groups excluding carboxylic acids is 1. The molecule has 1 atom stereocenters. The van der Waals surface area contributed by atoms with Crippen molar-refractivity contribution in [3.05, 3.63) is 52.5 Å². The van der Waals surface area contributed by atoms with Crippen LogP contribution in [0.5, 0.6) is 17.2 Å². The highest BCUT2D eigenvalue weighted by molar-refractivity contribution is 9.10. The van der Waals surface area contributed by atoms with Crippen molar-refractivity contribution >= 4 is 28.1 Å². The largest absolute Gasteiger partial charge is 0.497 e. The lowest BCUT2D eigenvalue weighted by Gasteiger charge is -2.13. The SMILES string of the molecule is COc1cccc(OC(C)C(=O)N/N=C/c2ccc(OC)c(Br)c2)c1. The summed E-state index contributed by atoms with van der Waals surface area (Å²) >= 11 is 3.40. The summed E-state index contributed by atoms with van der Waals surface area (Å²) in [7, 11) is 3.17. The fourth-order valence-corrected chi connectivity index (χ4v) is 2.51. The molecular formula is C18H19BrN2O4. The minimum Gasteiger partial charge on any atom is -0.497 e. The van der Waals surface area contributed by atoms with Crippen molar-refractivity contribution < 1.29 is 19.0 Å². The van der Waals surface area contributed by atoms with Crippen LogP contribution in [0.1, 0.15) is 12.5 Å². The van der Waals surface area contributed by atoms with Crippen molar-refractivity contribution in [3.8, 4) is 17.2 Å². The van der Waals surface area contributed by atoms with E-state index in [1.165, 1.54) is 0 Å². The van der Waals surface area contributed by atoms with Crippen molar-refractivity contribution in [1.82, 2.24) is 5.43 Å². The van der Waals surface area contributed by atoms with Gasteiger partial charge in [0.25, 0.3) is 5.91 Å². The number of hydrogen-bond donors (Lipinski definition) is 1. The first-order valence-electron chi connectivity index (χ1n) is 7.50. The highest BCUT2D eigenvalue weighted by atomic mass is 79.9. The maximum absolute atomic E-state index is 12.0. The van der Waals surface area contributed by atoms with Crippen LogP contribution in [0, 0.1) is 0 Å². The molecule has 0 aliphatic carbocycles. The van der Waals surface area contributed by atoms with Gasteiger partial charge in [0.1, 0.15) is 17.2 Å². The van der Waals surface area contributed by atoms with Crippen LogP contribution in [-0.2, 0) is 4.79 Å². The van der Waals surface area contributed by atoms with Gasteiger partial charge in [0.05, 0.1) is 24.9 Å². The molecule has 1 N–H and O–H groups in total. The summed E-state index contributed by atoms with van der Waals surface area (Å²) in [5.41, 5.74) is 3.27. The molecule has 0 aromatic heterocycles. The predicted molar refractivity (Wildman–Crippen MR) is 99.5 cm³/mol. The summed E-state index contributed by atoms with van der Waals surface area (Å²) in [6, 6.07) is 12.5.